The van der Waals surface area contributed by atoms with Crippen LogP contribution >= 0.6 is 34.7 Å². The third-order valence-corrected chi connectivity index (χ3v) is 5.39. The fourth-order valence-electron chi connectivity index (χ4n) is 1.76. The van der Waals surface area contributed by atoms with Gasteiger partial charge in [0.05, 0.1) is 11.9 Å². The number of thioether (sulfide) groups is 1. The number of carbonyl (C=O) groups excluding carboxylic acids is 1. The minimum absolute atomic E-state index is 0.102. The average Bonchev–Trinajstić information content (AvgIpc) is 2.98. The molecule has 0 bridgehead atoms. The molecule has 1 heterocycles. The first-order chi connectivity index (χ1) is 11.5. The van der Waals surface area contributed by atoms with E-state index in [0.717, 1.165) is 15.6 Å². The molecule has 1 aromatic heterocycles. The van der Waals surface area contributed by atoms with Gasteiger partial charge in [0.25, 0.3) is 0 Å². The third-order valence-electron chi connectivity index (χ3n) is 3.09. The van der Waals surface area contributed by atoms with Gasteiger partial charge in [0.1, 0.15) is 0 Å². The van der Waals surface area contributed by atoms with Crippen LogP contribution in [0.15, 0.2) is 22.5 Å². The molecule has 24 heavy (non-hydrogen) atoms. The summed E-state index contributed by atoms with van der Waals surface area (Å²) in [6.07, 6.45) is 0. The Morgan fingerprint density at radius 2 is 2.25 bits per heavy atom. The number of ether oxygens (including phenoxy) is 1. The Morgan fingerprint density at radius 3 is 3.00 bits per heavy atom. The van der Waals surface area contributed by atoms with Gasteiger partial charge >= 0.3 is 0 Å². The number of methoxy groups -OCH3 is 1. The molecule has 0 saturated carbocycles. The number of anilines is 2. The molecule has 0 aliphatic carbocycles. The van der Waals surface area contributed by atoms with Crippen LogP contribution in [0.3, 0.4) is 0 Å². The largest absolute Gasteiger partial charge is 0.383 e. The number of nitrogens with zero attached hydrogens (tertiary/aromatic N) is 2. The molecular weight excluding hydrogens is 368 g/mol. The molecule has 1 aromatic carbocycles. The number of aromatic nitrogens is 2. The van der Waals surface area contributed by atoms with Crippen LogP contribution in [0.25, 0.3) is 0 Å². The van der Waals surface area contributed by atoms with E-state index in [1.165, 1.54) is 23.1 Å². The molecule has 9 heteroatoms. The smallest absolute Gasteiger partial charge is 0.237 e. The van der Waals surface area contributed by atoms with Gasteiger partial charge in [0, 0.05) is 24.4 Å². The molecule has 0 radical (unpaired) electrons. The van der Waals surface area contributed by atoms with E-state index in [1.54, 1.807) is 19.2 Å². The summed E-state index contributed by atoms with van der Waals surface area (Å²) < 4.78 is 5.70. The topological polar surface area (TPSA) is 76.1 Å². The van der Waals surface area contributed by atoms with Crippen molar-refractivity contribution < 1.29 is 9.53 Å². The molecule has 1 unspecified atom stereocenters. The fourth-order valence-corrected chi connectivity index (χ4v) is 3.85. The highest BCUT2D eigenvalue weighted by atomic mass is 35.5. The molecular formula is C15H19ClN4O2S2. The van der Waals surface area contributed by atoms with Crippen molar-refractivity contribution in [3.05, 3.63) is 28.8 Å². The highest BCUT2D eigenvalue weighted by Gasteiger charge is 2.18. The number of benzene rings is 1. The Bertz CT molecular complexity index is 696. The van der Waals surface area contributed by atoms with Crippen LogP contribution in [0.4, 0.5) is 10.8 Å². The van der Waals surface area contributed by atoms with E-state index >= 15 is 0 Å². The van der Waals surface area contributed by atoms with Crippen LogP contribution in [0.1, 0.15) is 12.5 Å². The Balaban J connectivity index is 1.90. The summed E-state index contributed by atoms with van der Waals surface area (Å²) in [4.78, 5) is 12.3. The number of rotatable bonds is 8. The number of nitrogens with one attached hydrogen (secondary N) is 2. The Labute approximate surface area is 154 Å². The van der Waals surface area contributed by atoms with Gasteiger partial charge in [-0.15, -0.1) is 10.2 Å². The molecule has 1 amide bonds. The summed E-state index contributed by atoms with van der Waals surface area (Å²) in [6, 6.07) is 5.41. The van der Waals surface area contributed by atoms with Gasteiger partial charge in [-0.2, -0.15) is 0 Å². The molecule has 2 N–H and O–H groups in total. The van der Waals surface area contributed by atoms with Crippen LogP contribution in [-0.4, -0.2) is 41.6 Å². The monoisotopic (exact) mass is 386 g/mol. The standard InChI is InChI=1S/C15H19ClN4O2S2/c1-9-4-5-11(16)8-12(9)18-13(21)10(2)23-15-20-19-14(24-15)17-6-7-22-3/h4-5,8,10H,6-7H2,1-3H3,(H,17,19)(H,18,21). The summed E-state index contributed by atoms with van der Waals surface area (Å²) in [6.45, 7) is 5.02. The van der Waals surface area contributed by atoms with Crippen LogP contribution in [0, 0.1) is 6.92 Å². The van der Waals surface area contributed by atoms with E-state index in [-0.39, 0.29) is 11.2 Å². The lowest BCUT2D eigenvalue weighted by atomic mass is 10.2. The van der Waals surface area contributed by atoms with Crippen molar-refractivity contribution in [3.63, 3.8) is 0 Å². The Morgan fingerprint density at radius 1 is 1.46 bits per heavy atom. The predicted octanol–water partition coefficient (Wildman–Crippen LogP) is 3.68. The van der Waals surface area contributed by atoms with Crippen LogP contribution < -0.4 is 10.6 Å². The molecule has 0 spiro atoms. The van der Waals surface area contributed by atoms with Crippen LogP contribution in [0.5, 0.6) is 0 Å². The summed E-state index contributed by atoms with van der Waals surface area (Å²) in [7, 11) is 1.64. The first-order valence-electron chi connectivity index (χ1n) is 7.29. The van der Waals surface area contributed by atoms with Crippen LogP contribution in [-0.2, 0) is 9.53 Å². The molecule has 2 rings (SSSR count). The lowest BCUT2D eigenvalue weighted by molar-refractivity contribution is -0.115. The second kappa shape index (κ2) is 9.22. The zero-order valence-electron chi connectivity index (χ0n) is 13.6. The van der Waals surface area contributed by atoms with E-state index in [2.05, 4.69) is 20.8 Å². The predicted molar refractivity (Wildman–Crippen MR) is 100 cm³/mol. The maximum atomic E-state index is 12.3. The van der Waals surface area contributed by atoms with E-state index in [0.29, 0.717) is 23.3 Å². The van der Waals surface area contributed by atoms with E-state index in [1.807, 2.05) is 19.9 Å². The zero-order chi connectivity index (χ0) is 17.5. The molecule has 2 aromatic rings. The van der Waals surface area contributed by atoms with Crippen molar-refractivity contribution in [1.29, 1.82) is 0 Å². The van der Waals surface area contributed by atoms with Gasteiger partial charge in [-0.1, -0.05) is 40.8 Å². The van der Waals surface area contributed by atoms with Gasteiger partial charge in [-0.25, -0.2) is 0 Å². The summed E-state index contributed by atoms with van der Waals surface area (Å²) in [5.41, 5.74) is 1.68. The fraction of sp³-hybridized carbons (Fsp3) is 0.400. The first kappa shape index (κ1) is 19.0. The van der Waals surface area contributed by atoms with Gasteiger partial charge < -0.3 is 15.4 Å². The summed E-state index contributed by atoms with van der Waals surface area (Å²) in [5, 5.41) is 15.1. The molecule has 1 atom stereocenters. The lowest BCUT2D eigenvalue weighted by Crippen LogP contribution is -2.22. The van der Waals surface area contributed by atoms with Crippen molar-refractivity contribution in [2.24, 2.45) is 0 Å². The average molecular weight is 387 g/mol. The number of hydrogen-bond acceptors (Lipinski definition) is 7. The highest BCUT2D eigenvalue weighted by molar-refractivity contribution is 8.02. The van der Waals surface area contributed by atoms with Gasteiger partial charge in [-0.05, 0) is 31.5 Å². The van der Waals surface area contributed by atoms with Crippen molar-refractivity contribution in [2.45, 2.75) is 23.4 Å². The first-order valence-corrected chi connectivity index (χ1v) is 9.37. The van der Waals surface area contributed by atoms with Crippen molar-refractivity contribution in [1.82, 2.24) is 10.2 Å². The quantitative estimate of drug-likeness (QED) is 0.532. The lowest BCUT2D eigenvalue weighted by Gasteiger charge is -2.12. The van der Waals surface area contributed by atoms with Crippen molar-refractivity contribution >= 4 is 51.4 Å². The van der Waals surface area contributed by atoms with E-state index in [9.17, 15) is 4.79 Å². The van der Waals surface area contributed by atoms with Crippen molar-refractivity contribution in [3.8, 4) is 0 Å². The molecule has 0 saturated heterocycles. The molecule has 0 aliphatic rings. The van der Waals surface area contributed by atoms with Gasteiger partial charge in [0.2, 0.25) is 11.0 Å². The second-order valence-corrected chi connectivity index (χ2v) is 8.00. The molecule has 0 fully saturated rings. The maximum absolute atomic E-state index is 12.3. The number of hydrogen-bond donors (Lipinski definition) is 2. The van der Waals surface area contributed by atoms with Gasteiger partial charge in [0.15, 0.2) is 4.34 Å². The maximum Gasteiger partial charge on any atom is 0.237 e. The Kier molecular flexibility index (Phi) is 7.29. The molecule has 130 valence electrons. The van der Waals surface area contributed by atoms with Crippen molar-refractivity contribution in [2.75, 3.05) is 30.9 Å². The number of carbonyl (C=O) groups is 1. The highest BCUT2D eigenvalue weighted by Crippen LogP contribution is 2.30. The van der Waals surface area contributed by atoms with Gasteiger partial charge in [-0.3, -0.25) is 4.79 Å². The minimum Gasteiger partial charge on any atom is -0.383 e. The molecule has 6 nitrogen and oxygen atoms in total. The number of aryl methyl sites for hydroxylation is 1. The second-order valence-electron chi connectivity index (χ2n) is 5.00. The van der Waals surface area contributed by atoms with Crippen LogP contribution in [0.2, 0.25) is 5.02 Å². The summed E-state index contributed by atoms with van der Waals surface area (Å²) in [5.74, 6) is -0.102. The van der Waals surface area contributed by atoms with E-state index in [4.69, 9.17) is 16.3 Å². The minimum atomic E-state index is -0.303. The SMILES string of the molecule is COCCNc1nnc(SC(C)C(=O)Nc2cc(Cl)ccc2C)s1. The number of amides is 1. The zero-order valence-corrected chi connectivity index (χ0v) is 16.0. The molecule has 0 aliphatic heterocycles. The third kappa shape index (κ3) is 5.62. The Hall–Kier alpha value is -1.35. The summed E-state index contributed by atoms with van der Waals surface area (Å²) >= 11 is 8.76. The normalized spacial score (nSPS) is 12.0. The number of halogens is 1. The van der Waals surface area contributed by atoms with E-state index < -0.39 is 0 Å².